The topological polar surface area (TPSA) is 97.9 Å². The van der Waals surface area contributed by atoms with Crippen molar-refractivity contribution in [3.05, 3.63) is 23.5 Å². The van der Waals surface area contributed by atoms with E-state index >= 15 is 0 Å². The highest BCUT2D eigenvalue weighted by Gasteiger charge is 2.26. The summed E-state index contributed by atoms with van der Waals surface area (Å²) in [6.45, 7) is 8.66. The molecule has 0 unspecified atom stereocenters. The monoisotopic (exact) mass is 332 g/mol. The Balaban J connectivity index is 1.59. The second kappa shape index (κ2) is 6.72. The molecule has 1 aliphatic heterocycles. The fourth-order valence-corrected chi connectivity index (χ4v) is 3.00. The van der Waals surface area contributed by atoms with Gasteiger partial charge in [-0.3, -0.25) is 4.79 Å². The summed E-state index contributed by atoms with van der Waals surface area (Å²) < 4.78 is 7.14. The molecule has 0 saturated heterocycles. The van der Waals surface area contributed by atoms with Crippen LogP contribution in [0.2, 0.25) is 0 Å². The van der Waals surface area contributed by atoms with Crippen molar-refractivity contribution in [3.63, 3.8) is 0 Å². The van der Waals surface area contributed by atoms with Crippen LogP contribution in [0.4, 0.5) is 5.82 Å². The molecule has 0 aromatic carbocycles. The Labute approximate surface area is 141 Å². The largest absolute Gasteiger partial charge is 0.360 e. The van der Waals surface area contributed by atoms with E-state index in [1.807, 2.05) is 6.92 Å². The van der Waals surface area contributed by atoms with Crippen molar-refractivity contribution in [2.24, 2.45) is 0 Å². The lowest BCUT2D eigenvalue weighted by molar-refractivity contribution is -0.118. The minimum absolute atomic E-state index is 0.123. The number of nitrogens with one attached hydrogen (secondary N) is 2. The minimum atomic E-state index is -0.326. The molecular weight excluding hydrogens is 308 g/mol. The van der Waals surface area contributed by atoms with E-state index in [0.29, 0.717) is 17.5 Å². The Bertz CT molecular complexity index is 720. The van der Waals surface area contributed by atoms with Gasteiger partial charge in [0.05, 0.1) is 6.04 Å². The lowest BCUT2D eigenvalue weighted by Gasteiger charge is -2.28. The molecule has 1 aliphatic rings. The van der Waals surface area contributed by atoms with Crippen molar-refractivity contribution < 1.29 is 9.32 Å². The molecule has 8 heteroatoms. The first-order chi connectivity index (χ1) is 11.4. The van der Waals surface area contributed by atoms with E-state index in [-0.39, 0.29) is 18.0 Å². The number of rotatable bonds is 5. The van der Waals surface area contributed by atoms with Gasteiger partial charge in [-0.15, -0.1) is 10.2 Å². The average Bonchev–Trinajstić information content (AvgIpc) is 3.12. The van der Waals surface area contributed by atoms with E-state index in [1.54, 1.807) is 13.0 Å². The van der Waals surface area contributed by atoms with Crippen LogP contribution in [0.1, 0.15) is 50.5 Å². The van der Waals surface area contributed by atoms with Gasteiger partial charge in [0.15, 0.2) is 5.82 Å². The highest BCUT2D eigenvalue weighted by Crippen LogP contribution is 2.20. The average molecular weight is 332 g/mol. The van der Waals surface area contributed by atoms with Crippen molar-refractivity contribution in [1.29, 1.82) is 0 Å². The molecule has 3 heterocycles. The van der Waals surface area contributed by atoms with Crippen molar-refractivity contribution in [2.45, 2.75) is 65.1 Å². The second-order valence-electron chi connectivity index (χ2n) is 6.68. The van der Waals surface area contributed by atoms with E-state index in [0.717, 1.165) is 31.0 Å². The third kappa shape index (κ3) is 3.48. The molecule has 130 valence electrons. The Kier molecular flexibility index (Phi) is 4.66. The van der Waals surface area contributed by atoms with E-state index in [4.69, 9.17) is 4.52 Å². The van der Waals surface area contributed by atoms with Gasteiger partial charge in [0.2, 0.25) is 5.91 Å². The number of nitrogens with zero attached hydrogens (tertiary/aromatic N) is 4. The van der Waals surface area contributed by atoms with Crippen molar-refractivity contribution in [1.82, 2.24) is 25.2 Å². The van der Waals surface area contributed by atoms with E-state index < -0.39 is 0 Å². The third-order valence-electron chi connectivity index (χ3n) is 4.25. The number of hydrogen-bond acceptors (Lipinski definition) is 6. The quantitative estimate of drug-likeness (QED) is 0.863. The van der Waals surface area contributed by atoms with Gasteiger partial charge in [-0.1, -0.05) is 19.0 Å². The summed E-state index contributed by atoms with van der Waals surface area (Å²) >= 11 is 0. The smallest absolute Gasteiger partial charge is 0.242 e. The highest BCUT2D eigenvalue weighted by atomic mass is 16.5. The molecule has 2 N–H and O–H groups in total. The standard InChI is InChI=1S/C16H24N6O2/c1-9(2)15-20-19-14-6-5-12(8-22(14)15)17-11(4)16(23)18-13-7-10(3)24-21-13/h7,9,11-12,17H,5-6,8H2,1-4H3,(H,18,21,23)/t11-,12-/m0/s1. The first kappa shape index (κ1) is 16.6. The van der Waals surface area contributed by atoms with E-state index in [1.165, 1.54) is 0 Å². The Morgan fingerprint density at radius 3 is 2.83 bits per heavy atom. The van der Waals surface area contributed by atoms with Crippen LogP contribution >= 0.6 is 0 Å². The predicted octanol–water partition coefficient (Wildman–Crippen LogP) is 1.63. The van der Waals surface area contributed by atoms with Gasteiger partial charge in [0, 0.05) is 31.0 Å². The van der Waals surface area contributed by atoms with Gasteiger partial charge >= 0.3 is 0 Å². The van der Waals surface area contributed by atoms with Crippen molar-refractivity contribution in [3.8, 4) is 0 Å². The lowest BCUT2D eigenvalue weighted by atomic mass is 10.0. The van der Waals surface area contributed by atoms with Crippen LogP contribution in [0.15, 0.2) is 10.6 Å². The molecular formula is C16H24N6O2. The maximum Gasteiger partial charge on any atom is 0.242 e. The Morgan fingerprint density at radius 1 is 1.38 bits per heavy atom. The number of fused-ring (bicyclic) bond motifs is 1. The van der Waals surface area contributed by atoms with Crippen LogP contribution in [0, 0.1) is 6.92 Å². The number of anilines is 1. The molecule has 1 amide bonds. The zero-order chi connectivity index (χ0) is 17.3. The molecule has 0 saturated carbocycles. The molecule has 0 bridgehead atoms. The summed E-state index contributed by atoms with van der Waals surface area (Å²) in [6.07, 6.45) is 1.81. The molecule has 0 radical (unpaired) electrons. The van der Waals surface area contributed by atoms with Crippen LogP contribution in [-0.2, 0) is 17.8 Å². The highest BCUT2D eigenvalue weighted by molar-refractivity contribution is 5.93. The normalized spacial score (nSPS) is 18.5. The number of carbonyl (C=O) groups is 1. The van der Waals surface area contributed by atoms with Crippen molar-refractivity contribution in [2.75, 3.05) is 5.32 Å². The maximum atomic E-state index is 12.3. The predicted molar refractivity (Wildman–Crippen MR) is 88.7 cm³/mol. The molecule has 8 nitrogen and oxygen atoms in total. The van der Waals surface area contributed by atoms with Crippen LogP contribution < -0.4 is 10.6 Å². The summed E-state index contributed by atoms with van der Waals surface area (Å²) in [5.41, 5.74) is 0. The molecule has 0 aliphatic carbocycles. The van der Waals surface area contributed by atoms with Crippen LogP contribution in [-0.4, -0.2) is 37.9 Å². The summed E-state index contributed by atoms with van der Waals surface area (Å²) in [6, 6.07) is 1.59. The van der Waals surface area contributed by atoms with Gasteiger partial charge in [-0.05, 0) is 20.3 Å². The van der Waals surface area contributed by atoms with Gasteiger partial charge < -0.3 is 19.7 Å². The first-order valence-electron chi connectivity index (χ1n) is 8.36. The zero-order valence-corrected chi connectivity index (χ0v) is 14.5. The van der Waals surface area contributed by atoms with Crippen LogP contribution in [0.5, 0.6) is 0 Å². The first-order valence-corrected chi connectivity index (χ1v) is 8.36. The van der Waals surface area contributed by atoms with E-state index in [2.05, 4.69) is 44.4 Å². The molecule has 0 spiro atoms. The molecule has 24 heavy (non-hydrogen) atoms. The Morgan fingerprint density at radius 2 is 2.17 bits per heavy atom. The zero-order valence-electron chi connectivity index (χ0n) is 14.5. The van der Waals surface area contributed by atoms with Gasteiger partial charge in [-0.25, -0.2) is 0 Å². The summed E-state index contributed by atoms with van der Waals surface area (Å²) in [7, 11) is 0. The van der Waals surface area contributed by atoms with E-state index in [9.17, 15) is 4.79 Å². The van der Waals surface area contributed by atoms with Crippen molar-refractivity contribution >= 4 is 11.7 Å². The molecule has 0 fully saturated rings. The number of aryl methyl sites for hydroxylation is 2. The van der Waals surface area contributed by atoms with Crippen LogP contribution in [0.3, 0.4) is 0 Å². The number of carbonyl (C=O) groups excluding carboxylic acids is 1. The number of hydrogen-bond donors (Lipinski definition) is 2. The maximum absolute atomic E-state index is 12.3. The van der Waals surface area contributed by atoms with Gasteiger partial charge in [-0.2, -0.15) is 0 Å². The Hall–Kier alpha value is -2.22. The SMILES string of the molecule is Cc1cc(NC(=O)[C@H](C)N[C@H]2CCc3nnc(C(C)C)n3C2)no1. The van der Waals surface area contributed by atoms with Gasteiger partial charge in [0.25, 0.3) is 0 Å². The van der Waals surface area contributed by atoms with Gasteiger partial charge in [0.1, 0.15) is 17.4 Å². The summed E-state index contributed by atoms with van der Waals surface area (Å²) in [5, 5.41) is 18.5. The molecule has 3 rings (SSSR count). The number of aromatic nitrogens is 4. The fraction of sp³-hybridized carbons (Fsp3) is 0.625. The van der Waals surface area contributed by atoms with Crippen LogP contribution in [0.25, 0.3) is 0 Å². The second-order valence-corrected chi connectivity index (χ2v) is 6.68. The summed E-state index contributed by atoms with van der Waals surface area (Å²) in [5.74, 6) is 3.36. The third-order valence-corrected chi connectivity index (χ3v) is 4.25. The summed E-state index contributed by atoms with van der Waals surface area (Å²) in [4.78, 5) is 12.3. The molecule has 2 aromatic rings. The lowest BCUT2D eigenvalue weighted by Crippen LogP contribution is -2.47. The molecule has 2 atom stereocenters. The minimum Gasteiger partial charge on any atom is -0.360 e. The fourth-order valence-electron chi connectivity index (χ4n) is 3.00. The number of amides is 1. The molecule has 2 aromatic heterocycles.